The van der Waals surface area contributed by atoms with E-state index in [1.807, 2.05) is 31.2 Å². The standard InChI is InChI=1S/C19H21ClN2O2/c1-13-4-2-3-5-14(13)10-22(12-23)11-17-19-15(8-9-21-17)16(20)6-7-18(19)24/h2-7,12,17,21,24H,8-11H2,1H3/t17-/m1/s1. The van der Waals surface area contributed by atoms with Gasteiger partial charge in [0.25, 0.3) is 0 Å². The van der Waals surface area contributed by atoms with Crippen molar-refractivity contribution in [2.24, 2.45) is 0 Å². The summed E-state index contributed by atoms with van der Waals surface area (Å²) in [4.78, 5) is 13.3. The van der Waals surface area contributed by atoms with E-state index in [0.29, 0.717) is 18.1 Å². The number of phenols is 1. The highest BCUT2D eigenvalue weighted by Gasteiger charge is 2.26. The molecular weight excluding hydrogens is 324 g/mol. The number of carbonyl (C=O) groups excluding carboxylic acids is 1. The number of aryl methyl sites for hydroxylation is 1. The number of nitrogens with zero attached hydrogens (tertiary/aromatic N) is 1. The maximum Gasteiger partial charge on any atom is 0.210 e. The predicted molar refractivity (Wildman–Crippen MR) is 95.2 cm³/mol. The summed E-state index contributed by atoms with van der Waals surface area (Å²) in [7, 11) is 0. The molecule has 1 heterocycles. The first-order valence-electron chi connectivity index (χ1n) is 8.07. The second-order valence-electron chi connectivity index (χ2n) is 6.18. The molecule has 3 rings (SSSR count). The van der Waals surface area contributed by atoms with Crippen molar-refractivity contribution in [3.8, 4) is 5.75 Å². The molecule has 0 fully saturated rings. The van der Waals surface area contributed by atoms with E-state index >= 15 is 0 Å². The van der Waals surface area contributed by atoms with Crippen LogP contribution in [0, 0.1) is 6.92 Å². The van der Waals surface area contributed by atoms with Gasteiger partial charge in [0.15, 0.2) is 0 Å². The third-order valence-electron chi connectivity index (χ3n) is 4.59. The molecule has 1 atom stereocenters. The van der Waals surface area contributed by atoms with Crippen molar-refractivity contribution in [1.29, 1.82) is 0 Å². The largest absolute Gasteiger partial charge is 0.508 e. The first-order valence-corrected chi connectivity index (χ1v) is 8.45. The smallest absolute Gasteiger partial charge is 0.210 e. The third kappa shape index (κ3) is 3.40. The van der Waals surface area contributed by atoms with Crippen LogP contribution in [0.1, 0.15) is 28.3 Å². The van der Waals surface area contributed by atoms with E-state index in [1.54, 1.807) is 17.0 Å². The van der Waals surface area contributed by atoms with Crippen molar-refractivity contribution in [1.82, 2.24) is 10.2 Å². The van der Waals surface area contributed by atoms with Gasteiger partial charge in [0, 0.05) is 23.7 Å². The highest BCUT2D eigenvalue weighted by Crippen LogP contribution is 2.36. The van der Waals surface area contributed by atoms with Gasteiger partial charge in [-0.05, 0) is 48.7 Å². The van der Waals surface area contributed by atoms with Crippen LogP contribution >= 0.6 is 11.6 Å². The van der Waals surface area contributed by atoms with E-state index in [2.05, 4.69) is 5.32 Å². The van der Waals surface area contributed by atoms with E-state index in [0.717, 1.165) is 41.6 Å². The lowest BCUT2D eigenvalue weighted by Crippen LogP contribution is -2.38. The maximum absolute atomic E-state index is 11.6. The molecule has 1 aliphatic heterocycles. The van der Waals surface area contributed by atoms with Crippen molar-refractivity contribution in [3.05, 3.63) is 63.7 Å². The molecule has 2 aromatic carbocycles. The molecule has 0 bridgehead atoms. The molecule has 24 heavy (non-hydrogen) atoms. The predicted octanol–water partition coefficient (Wildman–Crippen LogP) is 3.20. The fourth-order valence-electron chi connectivity index (χ4n) is 3.28. The van der Waals surface area contributed by atoms with Crippen LogP contribution in [0.2, 0.25) is 5.02 Å². The molecule has 0 aromatic heterocycles. The molecule has 0 saturated carbocycles. The molecule has 0 saturated heterocycles. The molecule has 4 nitrogen and oxygen atoms in total. The number of nitrogens with one attached hydrogen (secondary N) is 1. The Hall–Kier alpha value is -2.04. The Balaban J connectivity index is 1.82. The molecule has 0 spiro atoms. The van der Waals surface area contributed by atoms with Crippen LogP contribution in [0.5, 0.6) is 5.75 Å². The van der Waals surface area contributed by atoms with Crippen molar-refractivity contribution >= 4 is 18.0 Å². The number of aromatic hydroxyl groups is 1. The quantitative estimate of drug-likeness (QED) is 0.819. The molecule has 0 radical (unpaired) electrons. The fraction of sp³-hybridized carbons (Fsp3) is 0.316. The van der Waals surface area contributed by atoms with Gasteiger partial charge in [-0.15, -0.1) is 0 Å². The zero-order valence-corrected chi connectivity index (χ0v) is 14.4. The van der Waals surface area contributed by atoms with Gasteiger partial charge in [0.05, 0.1) is 6.04 Å². The van der Waals surface area contributed by atoms with Crippen molar-refractivity contribution < 1.29 is 9.90 Å². The van der Waals surface area contributed by atoms with Gasteiger partial charge in [0.2, 0.25) is 6.41 Å². The molecule has 126 valence electrons. The summed E-state index contributed by atoms with van der Waals surface area (Å²) in [5.41, 5.74) is 4.07. The second kappa shape index (κ2) is 7.24. The summed E-state index contributed by atoms with van der Waals surface area (Å²) >= 11 is 6.28. The van der Waals surface area contributed by atoms with Gasteiger partial charge >= 0.3 is 0 Å². The SMILES string of the molecule is Cc1ccccc1CN(C=O)C[C@H]1NCCc2c(Cl)ccc(O)c21. The van der Waals surface area contributed by atoms with Gasteiger partial charge in [-0.2, -0.15) is 0 Å². The Morgan fingerprint density at radius 1 is 1.33 bits per heavy atom. The van der Waals surface area contributed by atoms with E-state index in [1.165, 1.54) is 0 Å². The highest BCUT2D eigenvalue weighted by molar-refractivity contribution is 6.31. The normalized spacial score (nSPS) is 16.5. The van der Waals surface area contributed by atoms with Crippen LogP contribution in [-0.4, -0.2) is 29.5 Å². The topological polar surface area (TPSA) is 52.6 Å². The summed E-state index contributed by atoms with van der Waals surface area (Å²) in [5.74, 6) is 0.230. The third-order valence-corrected chi connectivity index (χ3v) is 4.95. The molecule has 1 amide bonds. The van der Waals surface area contributed by atoms with Gasteiger partial charge in [0.1, 0.15) is 5.75 Å². The molecule has 2 N–H and O–H groups in total. The highest BCUT2D eigenvalue weighted by atomic mass is 35.5. The summed E-state index contributed by atoms with van der Waals surface area (Å²) in [6.07, 6.45) is 1.64. The second-order valence-corrected chi connectivity index (χ2v) is 6.58. The summed E-state index contributed by atoms with van der Waals surface area (Å²) < 4.78 is 0. The molecular formula is C19H21ClN2O2. The molecule has 2 aromatic rings. The lowest BCUT2D eigenvalue weighted by Gasteiger charge is -2.31. The number of phenolic OH excluding ortho intramolecular Hbond substituents is 1. The van der Waals surface area contributed by atoms with Crippen molar-refractivity contribution in [3.63, 3.8) is 0 Å². The van der Waals surface area contributed by atoms with E-state index in [-0.39, 0.29) is 11.8 Å². The minimum atomic E-state index is -0.123. The molecule has 1 aliphatic rings. The van der Waals surface area contributed by atoms with Crippen LogP contribution in [0.25, 0.3) is 0 Å². The maximum atomic E-state index is 11.6. The lowest BCUT2D eigenvalue weighted by molar-refractivity contribution is -0.119. The monoisotopic (exact) mass is 344 g/mol. The molecule has 0 unspecified atom stereocenters. The van der Waals surface area contributed by atoms with Crippen molar-refractivity contribution in [2.45, 2.75) is 25.9 Å². The number of hydrogen-bond acceptors (Lipinski definition) is 3. The average molecular weight is 345 g/mol. The van der Waals surface area contributed by atoms with Crippen molar-refractivity contribution in [2.75, 3.05) is 13.1 Å². The minimum Gasteiger partial charge on any atom is -0.508 e. The number of halogens is 1. The number of rotatable bonds is 5. The van der Waals surface area contributed by atoms with Crippen LogP contribution in [0.3, 0.4) is 0 Å². The van der Waals surface area contributed by atoms with Gasteiger partial charge in [-0.1, -0.05) is 35.9 Å². The minimum absolute atomic E-state index is 0.123. The zero-order chi connectivity index (χ0) is 17.1. The van der Waals surface area contributed by atoms with E-state index in [4.69, 9.17) is 11.6 Å². The first kappa shape index (κ1) is 16.8. The van der Waals surface area contributed by atoms with Gasteiger partial charge in [-0.3, -0.25) is 4.79 Å². The van der Waals surface area contributed by atoms with Gasteiger partial charge in [-0.25, -0.2) is 0 Å². The average Bonchev–Trinajstić information content (AvgIpc) is 2.59. The van der Waals surface area contributed by atoms with E-state index < -0.39 is 0 Å². The summed E-state index contributed by atoms with van der Waals surface area (Å²) in [6.45, 7) is 3.85. The van der Waals surface area contributed by atoms with Crippen LogP contribution in [0.15, 0.2) is 36.4 Å². The number of amides is 1. The number of hydrogen-bond donors (Lipinski definition) is 2. The molecule has 5 heteroatoms. The first-order chi connectivity index (χ1) is 11.6. The zero-order valence-electron chi connectivity index (χ0n) is 13.6. The molecule has 0 aliphatic carbocycles. The lowest BCUT2D eigenvalue weighted by atomic mass is 9.93. The summed E-state index contributed by atoms with van der Waals surface area (Å²) in [5, 5.41) is 14.3. The van der Waals surface area contributed by atoms with Gasteiger partial charge < -0.3 is 15.3 Å². The Morgan fingerprint density at radius 3 is 2.88 bits per heavy atom. The fourth-order valence-corrected chi connectivity index (χ4v) is 3.54. The van der Waals surface area contributed by atoms with Crippen LogP contribution in [0.4, 0.5) is 0 Å². The number of benzene rings is 2. The Labute approximate surface area is 147 Å². The Bertz CT molecular complexity index is 748. The number of fused-ring (bicyclic) bond motifs is 1. The van der Waals surface area contributed by atoms with E-state index in [9.17, 15) is 9.90 Å². The summed E-state index contributed by atoms with van der Waals surface area (Å²) in [6, 6.07) is 11.3. The van der Waals surface area contributed by atoms with Crippen LogP contribution in [-0.2, 0) is 17.8 Å². The Kier molecular flexibility index (Phi) is 5.07. The Morgan fingerprint density at radius 2 is 2.12 bits per heavy atom. The number of carbonyl (C=O) groups is 1. The van der Waals surface area contributed by atoms with Crippen LogP contribution < -0.4 is 5.32 Å².